The highest BCUT2D eigenvalue weighted by molar-refractivity contribution is 5.93. The average molecular weight is 511 g/mol. The molecule has 3 atom stereocenters. The van der Waals surface area contributed by atoms with Crippen LogP contribution in [0.5, 0.6) is 0 Å². The molecule has 0 radical (unpaired) electrons. The summed E-state index contributed by atoms with van der Waals surface area (Å²) in [6.45, 7) is 0. The summed E-state index contributed by atoms with van der Waals surface area (Å²) < 4.78 is 4.75. The number of hydrogen-bond donors (Lipinski definition) is 1. The Kier molecular flexibility index (Phi) is 7.55. The number of carbonyl (C=O) groups is 2. The minimum absolute atomic E-state index is 0.0261. The van der Waals surface area contributed by atoms with Crippen molar-refractivity contribution in [1.82, 2.24) is 0 Å². The third-order valence-electron chi connectivity index (χ3n) is 8.64. The number of methoxy groups -OCH3 is 1. The molecule has 3 unspecified atom stereocenters. The van der Waals surface area contributed by atoms with E-state index < -0.39 is 0 Å². The van der Waals surface area contributed by atoms with E-state index in [2.05, 4.69) is 72.8 Å². The molecule has 198 valence electrons. The van der Waals surface area contributed by atoms with Crippen LogP contribution in [0.4, 0.5) is 11.4 Å². The SMILES string of the molecule is COC(=O)CCc1cccc(NC(=O)C2CC3CCC2(Cc2ccc(-c4ccc(N(C)C)cc4)cc2)C3)c1. The van der Waals surface area contributed by atoms with Gasteiger partial charge in [-0.1, -0.05) is 48.5 Å². The summed E-state index contributed by atoms with van der Waals surface area (Å²) in [7, 11) is 5.51. The van der Waals surface area contributed by atoms with Crippen LogP contribution in [0.25, 0.3) is 11.1 Å². The molecule has 3 aromatic carbocycles. The van der Waals surface area contributed by atoms with Crippen LogP contribution in [0.3, 0.4) is 0 Å². The molecule has 0 saturated heterocycles. The van der Waals surface area contributed by atoms with Crippen molar-refractivity contribution in [3.63, 3.8) is 0 Å². The summed E-state index contributed by atoms with van der Waals surface area (Å²) in [5.41, 5.74) is 6.79. The van der Waals surface area contributed by atoms with Gasteiger partial charge in [-0.25, -0.2) is 0 Å². The number of esters is 1. The third-order valence-corrected chi connectivity index (χ3v) is 8.64. The molecular weight excluding hydrogens is 472 g/mol. The van der Waals surface area contributed by atoms with Crippen molar-refractivity contribution in [1.29, 1.82) is 0 Å². The molecule has 2 fully saturated rings. The molecule has 2 bridgehead atoms. The van der Waals surface area contributed by atoms with Gasteiger partial charge in [-0.05, 0) is 96.4 Å². The molecule has 5 heteroatoms. The minimum atomic E-state index is -0.223. The molecule has 1 amide bonds. The number of aryl methyl sites for hydroxylation is 1. The quantitative estimate of drug-likeness (QED) is 0.333. The number of carbonyl (C=O) groups excluding carboxylic acids is 2. The Balaban J connectivity index is 1.26. The third kappa shape index (κ3) is 5.62. The molecule has 0 heterocycles. The van der Waals surface area contributed by atoms with Crippen LogP contribution in [-0.4, -0.2) is 33.1 Å². The fourth-order valence-electron chi connectivity index (χ4n) is 6.60. The highest BCUT2D eigenvalue weighted by atomic mass is 16.5. The number of hydrogen-bond acceptors (Lipinski definition) is 4. The monoisotopic (exact) mass is 510 g/mol. The second kappa shape index (κ2) is 11.0. The minimum Gasteiger partial charge on any atom is -0.469 e. The van der Waals surface area contributed by atoms with Crippen LogP contribution in [0.15, 0.2) is 72.8 Å². The van der Waals surface area contributed by atoms with Crippen LogP contribution in [-0.2, 0) is 27.2 Å². The Morgan fingerprint density at radius 1 is 0.974 bits per heavy atom. The van der Waals surface area contributed by atoms with Gasteiger partial charge in [0.1, 0.15) is 0 Å². The number of amides is 1. The van der Waals surface area contributed by atoms with Crippen molar-refractivity contribution in [3.8, 4) is 11.1 Å². The largest absolute Gasteiger partial charge is 0.469 e. The van der Waals surface area contributed by atoms with Crippen LogP contribution < -0.4 is 10.2 Å². The van der Waals surface area contributed by atoms with Gasteiger partial charge in [0, 0.05) is 37.8 Å². The molecule has 1 N–H and O–H groups in total. The Labute approximate surface area is 226 Å². The Hall–Kier alpha value is -3.60. The zero-order valence-corrected chi connectivity index (χ0v) is 22.7. The molecule has 3 aromatic rings. The number of nitrogens with one attached hydrogen (secondary N) is 1. The Morgan fingerprint density at radius 2 is 1.68 bits per heavy atom. The standard InChI is InChI=1S/C33H38N2O3/c1-35(2)29-14-12-27(13-15-29)26-10-7-24(8-11-26)21-33-18-17-25(22-33)20-30(33)32(37)34-28-6-4-5-23(19-28)9-16-31(36)38-3/h4-8,10-15,19,25,30H,9,16-18,20-22H2,1-3H3,(H,34,37). The van der Waals surface area contributed by atoms with E-state index in [4.69, 9.17) is 4.74 Å². The predicted molar refractivity (Wildman–Crippen MR) is 153 cm³/mol. The molecule has 38 heavy (non-hydrogen) atoms. The van der Waals surface area contributed by atoms with E-state index in [-0.39, 0.29) is 23.2 Å². The summed E-state index contributed by atoms with van der Waals surface area (Å²) in [6, 6.07) is 25.4. The maximum absolute atomic E-state index is 13.5. The van der Waals surface area contributed by atoms with Gasteiger partial charge in [0.15, 0.2) is 0 Å². The first-order valence-electron chi connectivity index (χ1n) is 13.7. The zero-order valence-electron chi connectivity index (χ0n) is 22.7. The van der Waals surface area contributed by atoms with Gasteiger partial charge < -0.3 is 15.0 Å². The highest BCUT2D eigenvalue weighted by Crippen LogP contribution is 2.59. The van der Waals surface area contributed by atoms with Crippen LogP contribution in [0, 0.1) is 17.3 Å². The summed E-state index contributed by atoms with van der Waals surface area (Å²) >= 11 is 0. The van der Waals surface area contributed by atoms with E-state index in [1.165, 1.54) is 35.9 Å². The van der Waals surface area contributed by atoms with E-state index in [1.807, 2.05) is 24.3 Å². The maximum Gasteiger partial charge on any atom is 0.305 e. The Morgan fingerprint density at radius 3 is 2.34 bits per heavy atom. The van der Waals surface area contributed by atoms with Crippen molar-refractivity contribution >= 4 is 23.3 Å². The Bertz CT molecular complexity index is 1280. The van der Waals surface area contributed by atoms with E-state index >= 15 is 0 Å². The van der Waals surface area contributed by atoms with Crippen molar-refractivity contribution in [2.24, 2.45) is 17.3 Å². The lowest BCUT2D eigenvalue weighted by Gasteiger charge is -2.34. The number of anilines is 2. The molecule has 2 saturated carbocycles. The van der Waals surface area contributed by atoms with E-state index in [9.17, 15) is 9.59 Å². The van der Waals surface area contributed by atoms with Crippen molar-refractivity contribution in [2.75, 3.05) is 31.4 Å². The molecule has 0 spiro atoms. The van der Waals surface area contributed by atoms with E-state index in [0.717, 1.165) is 36.9 Å². The lowest BCUT2D eigenvalue weighted by molar-refractivity contribution is -0.140. The second-order valence-corrected chi connectivity index (χ2v) is 11.3. The van der Waals surface area contributed by atoms with Crippen molar-refractivity contribution in [3.05, 3.63) is 83.9 Å². The summed E-state index contributed by atoms with van der Waals surface area (Å²) in [5, 5.41) is 3.21. The van der Waals surface area contributed by atoms with E-state index in [1.54, 1.807) is 0 Å². The fraction of sp³-hybridized carbons (Fsp3) is 0.394. The van der Waals surface area contributed by atoms with Gasteiger partial charge in [0.2, 0.25) is 5.91 Å². The number of fused-ring (bicyclic) bond motifs is 2. The second-order valence-electron chi connectivity index (χ2n) is 11.3. The maximum atomic E-state index is 13.5. The normalized spacial score (nSPS) is 21.8. The predicted octanol–water partition coefficient (Wildman–Crippen LogP) is 6.51. The first kappa shape index (κ1) is 26.0. The van der Waals surface area contributed by atoms with Crippen LogP contribution in [0.2, 0.25) is 0 Å². The molecule has 5 nitrogen and oxygen atoms in total. The first-order valence-corrected chi connectivity index (χ1v) is 13.7. The first-order chi connectivity index (χ1) is 18.3. The van der Waals surface area contributed by atoms with Crippen LogP contribution >= 0.6 is 0 Å². The van der Waals surface area contributed by atoms with Gasteiger partial charge in [-0.2, -0.15) is 0 Å². The van der Waals surface area contributed by atoms with Gasteiger partial charge in [0.25, 0.3) is 0 Å². The summed E-state index contributed by atoms with van der Waals surface area (Å²) in [5.74, 6) is 0.582. The zero-order chi connectivity index (χ0) is 26.7. The van der Waals surface area contributed by atoms with Crippen LogP contribution in [0.1, 0.15) is 43.2 Å². The van der Waals surface area contributed by atoms with Gasteiger partial charge >= 0.3 is 5.97 Å². The lowest BCUT2D eigenvalue weighted by atomic mass is 9.70. The topological polar surface area (TPSA) is 58.6 Å². The number of benzene rings is 3. The molecule has 0 aliphatic heterocycles. The molecule has 5 rings (SSSR count). The molecule has 2 aliphatic carbocycles. The number of rotatable bonds is 9. The van der Waals surface area contributed by atoms with E-state index in [0.29, 0.717) is 18.8 Å². The smallest absolute Gasteiger partial charge is 0.305 e. The van der Waals surface area contributed by atoms with Gasteiger partial charge in [-0.3, -0.25) is 9.59 Å². The van der Waals surface area contributed by atoms with Crippen molar-refractivity contribution in [2.45, 2.75) is 44.9 Å². The van der Waals surface area contributed by atoms with Gasteiger partial charge in [-0.15, -0.1) is 0 Å². The summed E-state index contributed by atoms with van der Waals surface area (Å²) in [4.78, 5) is 27.2. The summed E-state index contributed by atoms with van der Waals surface area (Å²) in [6.07, 6.45) is 6.33. The molecule has 0 aromatic heterocycles. The molecular formula is C33H38N2O3. The lowest BCUT2D eigenvalue weighted by Crippen LogP contribution is -2.37. The molecule has 2 aliphatic rings. The van der Waals surface area contributed by atoms with Gasteiger partial charge in [0.05, 0.1) is 7.11 Å². The highest BCUT2D eigenvalue weighted by Gasteiger charge is 2.54. The van der Waals surface area contributed by atoms with Crippen molar-refractivity contribution < 1.29 is 14.3 Å². The number of nitrogens with zero attached hydrogens (tertiary/aromatic N) is 1. The number of ether oxygens (including phenoxy) is 1. The fourth-order valence-corrected chi connectivity index (χ4v) is 6.60. The average Bonchev–Trinajstić information content (AvgIpc) is 3.50.